The van der Waals surface area contributed by atoms with E-state index in [2.05, 4.69) is 34.0 Å². The van der Waals surface area contributed by atoms with E-state index in [0.717, 1.165) is 51.6 Å². The van der Waals surface area contributed by atoms with Crippen LogP contribution >= 0.6 is 11.3 Å². The smallest absolute Gasteiger partial charge is 0.147 e. The lowest BCUT2D eigenvalue weighted by Gasteiger charge is -2.36. The van der Waals surface area contributed by atoms with Crippen molar-refractivity contribution in [3.8, 4) is 0 Å². The van der Waals surface area contributed by atoms with E-state index >= 15 is 0 Å². The molecule has 0 unspecified atom stereocenters. The lowest BCUT2D eigenvalue weighted by Crippen LogP contribution is -2.39. The van der Waals surface area contributed by atoms with Gasteiger partial charge in [-0.3, -0.25) is 0 Å². The molecule has 30 heavy (non-hydrogen) atoms. The van der Waals surface area contributed by atoms with Crippen molar-refractivity contribution in [1.29, 1.82) is 0 Å². The Bertz CT molecular complexity index is 1090. The minimum atomic E-state index is -0.239. The summed E-state index contributed by atoms with van der Waals surface area (Å²) in [6.07, 6.45) is 2.40. The van der Waals surface area contributed by atoms with Crippen LogP contribution in [0, 0.1) is 0 Å². The average molecular weight is 430 g/mol. The maximum Gasteiger partial charge on any atom is 0.147 e. The van der Waals surface area contributed by atoms with Gasteiger partial charge in [-0.2, -0.15) is 0 Å². The van der Waals surface area contributed by atoms with Gasteiger partial charge in [-0.25, -0.2) is 15.0 Å². The Morgan fingerprint density at radius 2 is 2.07 bits per heavy atom. The molecule has 3 aromatic heterocycles. The van der Waals surface area contributed by atoms with Crippen LogP contribution in [0.15, 0.2) is 6.33 Å². The zero-order valence-electron chi connectivity index (χ0n) is 17.6. The van der Waals surface area contributed by atoms with E-state index in [1.165, 1.54) is 11.1 Å². The van der Waals surface area contributed by atoms with Crippen LogP contribution in [0.3, 0.4) is 0 Å². The van der Waals surface area contributed by atoms with Crippen molar-refractivity contribution in [3.05, 3.63) is 17.5 Å². The Hall–Kier alpha value is -2.07. The third kappa shape index (κ3) is 3.39. The predicted molar refractivity (Wildman–Crippen MR) is 118 cm³/mol. The van der Waals surface area contributed by atoms with Crippen LogP contribution in [-0.2, 0) is 22.5 Å². The topological polar surface area (TPSA) is 92.6 Å². The molecule has 0 bridgehead atoms. The van der Waals surface area contributed by atoms with Gasteiger partial charge in [-0.1, -0.05) is 0 Å². The number of ether oxygens (including phenoxy) is 2. The predicted octanol–water partition coefficient (Wildman–Crippen LogP) is 2.72. The largest absolute Gasteiger partial charge is 0.394 e. The average Bonchev–Trinajstić information content (AvgIpc) is 3.13. The summed E-state index contributed by atoms with van der Waals surface area (Å²) >= 11 is 1.61. The van der Waals surface area contributed by atoms with Gasteiger partial charge in [0.2, 0.25) is 0 Å². The molecule has 1 fully saturated rings. The summed E-state index contributed by atoms with van der Waals surface area (Å²) in [5.41, 5.74) is 3.13. The van der Waals surface area contributed by atoms with Crippen molar-refractivity contribution in [2.45, 2.75) is 45.4 Å². The molecule has 3 aromatic rings. The van der Waals surface area contributed by atoms with Crippen LogP contribution in [0.1, 0.15) is 31.9 Å². The number of pyridine rings is 1. The summed E-state index contributed by atoms with van der Waals surface area (Å²) in [6, 6.07) is -0.0913. The molecule has 0 aliphatic carbocycles. The van der Waals surface area contributed by atoms with Gasteiger partial charge in [-0.05, 0) is 26.3 Å². The van der Waals surface area contributed by atoms with Crippen LogP contribution in [0.25, 0.3) is 20.4 Å². The molecule has 2 N–H and O–H groups in total. The second-order valence-electron chi connectivity index (χ2n) is 8.63. The van der Waals surface area contributed by atoms with E-state index < -0.39 is 0 Å². The monoisotopic (exact) mass is 429 g/mol. The van der Waals surface area contributed by atoms with E-state index in [0.29, 0.717) is 19.8 Å². The van der Waals surface area contributed by atoms with Crippen molar-refractivity contribution in [3.63, 3.8) is 0 Å². The quantitative estimate of drug-likeness (QED) is 0.654. The first-order valence-corrected chi connectivity index (χ1v) is 11.2. The minimum Gasteiger partial charge on any atom is -0.394 e. The van der Waals surface area contributed by atoms with Crippen molar-refractivity contribution < 1.29 is 14.6 Å². The van der Waals surface area contributed by atoms with Crippen LogP contribution in [-0.4, -0.2) is 64.6 Å². The van der Waals surface area contributed by atoms with Gasteiger partial charge in [0.05, 0.1) is 42.2 Å². The molecule has 0 saturated carbocycles. The molecular weight excluding hydrogens is 402 g/mol. The number of hydrogen-bond donors (Lipinski definition) is 2. The highest BCUT2D eigenvalue weighted by Gasteiger charge is 2.33. The highest BCUT2D eigenvalue weighted by molar-refractivity contribution is 7.26. The summed E-state index contributed by atoms with van der Waals surface area (Å²) in [4.78, 5) is 17.5. The number of rotatable bonds is 4. The summed E-state index contributed by atoms with van der Waals surface area (Å²) in [5.74, 6) is 1.76. The van der Waals surface area contributed by atoms with Crippen molar-refractivity contribution in [1.82, 2.24) is 15.0 Å². The maximum atomic E-state index is 9.46. The summed E-state index contributed by atoms with van der Waals surface area (Å²) in [6.45, 7) is 9.88. The van der Waals surface area contributed by atoms with E-state index in [4.69, 9.17) is 14.5 Å². The van der Waals surface area contributed by atoms with Crippen LogP contribution in [0.2, 0.25) is 0 Å². The molecule has 0 spiro atoms. The summed E-state index contributed by atoms with van der Waals surface area (Å²) in [7, 11) is 0. The minimum absolute atomic E-state index is 0.0384. The normalized spacial score (nSPS) is 19.8. The molecular formula is C21H27N5O3S. The molecule has 2 aliphatic rings. The Morgan fingerprint density at radius 1 is 1.27 bits per heavy atom. The second kappa shape index (κ2) is 7.56. The van der Waals surface area contributed by atoms with E-state index in [1.54, 1.807) is 17.7 Å². The fourth-order valence-corrected chi connectivity index (χ4v) is 5.31. The summed E-state index contributed by atoms with van der Waals surface area (Å²) < 4.78 is 12.7. The number of aliphatic hydroxyl groups is 1. The molecule has 5 heterocycles. The van der Waals surface area contributed by atoms with E-state index in [9.17, 15) is 5.11 Å². The molecule has 2 aliphatic heterocycles. The zero-order chi connectivity index (χ0) is 20.9. The van der Waals surface area contributed by atoms with Gasteiger partial charge in [0.15, 0.2) is 0 Å². The van der Waals surface area contributed by atoms with E-state index in [-0.39, 0.29) is 18.2 Å². The number of nitrogens with zero attached hydrogens (tertiary/aromatic N) is 4. The third-order valence-electron chi connectivity index (χ3n) is 5.77. The number of aromatic nitrogens is 3. The second-order valence-corrected chi connectivity index (χ2v) is 9.63. The van der Waals surface area contributed by atoms with Gasteiger partial charge >= 0.3 is 0 Å². The molecule has 1 atom stereocenters. The number of aliphatic hydroxyl groups excluding tert-OH is 1. The van der Waals surface area contributed by atoms with Crippen LogP contribution in [0.5, 0.6) is 0 Å². The van der Waals surface area contributed by atoms with Gasteiger partial charge in [0.1, 0.15) is 22.8 Å². The Labute approximate surface area is 179 Å². The molecule has 160 valence electrons. The molecule has 1 saturated heterocycles. The van der Waals surface area contributed by atoms with Crippen LogP contribution in [0.4, 0.5) is 11.6 Å². The molecule has 5 rings (SSSR count). The highest BCUT2D eigenvalue weighted by atomic mass is 32.1. The van der Waals surface area contributed by atoms with Crippen molar-refractivity contribution in [2.75, 3.05) is 43.1 Å². The molecule has 9 heteroatoms. The number of hydrogen-bond acceptors (Lipinski definition) is 9. The zero-order valence-corrected chi connectivity index (χ0v) is 18.4. The van der Waals surface area contributed by atoms with Crippen molar-refractivity contribution >= 4 is 43.4 Å². The first kappa shape index (κ1) is 19.9. The standard InChI is InChI=1S/C21H27N5O3S/c1-12(9-27)24-18-17-16(22-11-23-18)15-13-8-21(2,3)29-10-14(13)19(25-20(15)30-17)26-4-6-28-7-5-26/h11-12,27H,4-10H2,1-3H3,(H,22,23,24)/t12-/m1/s1. The van der Waals surface area contributed by atoms with Gasteiger partial charge < -0.3 is 24.8 Å². The van der Waals surface area contributed by atoms with Gasteiger partial charge in [0.25, 0.3) is 0 Å². The highest BCUT2D eigenvalue weighted by Crippen LogP contribution is 2.44. The third-order valence-corrected chi connectivity index (χ3v) is 6.85. The maximum absolute atomic E-state index is 9.46. The first-order valence-electron chi connectivity index (χ1n) is 10.4. The van der Waals surface area contributed by atoms with Gasteiger partial charge in [0, 0.05) is 36.5 Å². The first-order chi connectivity index (χ1) is 14.5. The Kier molecular flexibility index (Phi) is 5.01. The number of thiophene rings is 1. The molecule has 8 nitrogen and oxygen atoms in total. The lowest BCUT2D eigenvalue weighted by atomic mass is 9.90. The van der Waals surface area contributed by atoms with E-state index in [1.807, 2.05) is 6.92 Å². The SMILES string of the molecule is C[C@H](CO)Nc1ncnc2c1sc1nc(N3CCOCC3)c3c(c12)CC(C)(C)OC3. The lowest BCUT2D eigenvalue weighted by molar-refractivity contribution is -0.0396. The van der Waals surface area contributed by atoms with Crippen molar-refractivity contribution in [2.24, 2.45) is 0 Å². The molecule has 0 radical (unpaired) electrons. The summed E-state index contributed by atoms with van der Waals surface area (Å²) in [5, 5.41) is 13.9. The fourth-order valence-electron chi connectivity index (χ4n) is 4.21. The Morgan fingerprint density at radius 3 is 2.83 bits per heavy atom. The van der Waals surface area contributed by atoms with Gasteiger partial charge in [-0.15, -0.1) is 11.3 Å². The number of fused-ring (bicyclic) bond motifs is 5. The molecule has 0 amide bonds. The number of anilines is 2. The fraction of sp³-hybridized carbons (Fsp3) is 0.571. The number of nitrogens with one attached hydrogen (secondary N) is 1. The molecule has 0 aromatic carbocycles. The number of morpholine rings is 1. The Balaban J connectivity index is 1.74. The van der Waals surface area contributed by atoms with Crippen LogP contribution < -0.4 is 10.2 Å².